The predicted octanol–water partition coefficient (Wildman–Crippen LogP) is 3.42. The SMILES string of the molecule is Cc1cccn2nc(NCCCC3CCCC3)nc12. The summed E-state index contributed by atoms with van der Waals surface area (Å²) in [5.41, 5.74) is 2.11. The van der Waals surface area contributed by atoms with E-state index in [-0.39, 0.29) is 0 Å². The number of fused-ring (bicyclic) bond motifs is 1. The highest BCUT2D eigenvalue weighted by molar-refractivity contribution is 5.49. The molecule has 1 aliphatic rings. The Morgan fingerprint density at radius 1 is 1.37 bits per heavy atom. The summed E-state index contributed by atoms with van der Waals surface area (Å²) in [6.45, 7) is 3.04. The molecule has 2 heterocycles. The molecule has 0 atom stereocenters. The molecular weight excluding hydrogens is 236 g/mol. The van der Waals surface area contributed by atoms with E-state index in [0.29, 0.717) is 0 Å². The van der Waals surface area contributed by atoms with Gasteiger partial charge in [-0.15, -0.1) is 5.10 Å². The fourth-order valence-electron chi connectivity index (χ4n) is 3.00. The number of anilines is 1. The molecule has 4 nitrogen and oxygen atoms in total. The molecule has 4 heteroatoms. The number of pyridine rings is 1. The highest BCUT2D eigenvalue weighted by Gasteiger charge is 2.14. The number of nitrogens with one attached hydrogen (secondary N) is 1. The smallest absolute Gasteiger partial charge is 0.243 e. The van der Waals surface area contributed by atoms with Crippen LogP contribution < -0.4 is 5.32 Å². The Morgan fingerprint density at radius 3 is 3.00 bits per heavy atom. The van der Waals surface area contributed by atoms with Crippen molar-refractivity contribution in [3.05, 3.63) is 23.9 Å². The molecule has 19 heavy (non-hydrogen) atoms. The molecule has 0 bridgehead atoms. The first-order chi connectivity index (χ1) is 9.33. The third kappa shape index (κ3) is 2.88. The van der Waals surface area contributed by atoms with E-state index >= 15 is 0 Å². The van der Waals surface area contributed by atoms with Crippen LogP contribution in [0.15, 0.2) is 18.3 Å². The molecule has 0 aromatic carbocycles. The monoisotopic (exact) mass is 258 g/mol. The van der Waals surface area contributed by atoms with Crippen LogP contribution in [0.4, 0.5) is 5.95 Å². The zero-order valence-electron chi connectivity index (χ0n) is 11.6. The van der Waals surface area contributed by atoms with Crippen molar-refractivity contribution >= 4 is 11.6 Å². The quantitative estimate of drug-likeness (QED) is 0.836. The Balaban J connectivity index is 1.52. The van der Waals surface area contributed by atoms with E-state index in [2.05, 4.69) is 28.4 Å². The second-order valence-electron chi connectivity index (χ2n) is 5.61. The van der Waals surface area contributed by atoms with Crippen molar-refractivity contribution in [3.63, 3.8) is 0 Å². The number of nitrogens with zero attached hydrogens (tertiary/aromatic N) is 3. The van der Waals surface area contributed by atoms with E-state index in [4.69, 9.17) is 0 Å². The maximum Gasteiger partial charge on any atom is 0.243 e. The van der Waals surface area contributed by atoms with Crippen molar-refractivity contribution in [1.82, 2.24) is 14.6 Å². The largest absolute Gasteiger partial charge is 0.353 e. The lowest BCUT2D eigenvalue weighted by Gasteiger charge is -2.07. The van der Waals surface area contributed by atoms with E-state index in [0.717, 1.165) is 29.6 Å². The van der Waals surface area contributed by atoms with Crippen LogP contribution in [0.5, 0.6) is 0 Å². The molecule has 2 aromatic heterocycles. The number of aromatic nitrogens is 3. The van der Waals surface area contributed by atoms with Gasteiger partial charge in [0.2, 0.25) is 5.95 Å². The average Bonchev–Trinajstić information content (AvgIpc) is 3.04. The summed E-state index contributed by atoms with van der Waals surface area (Å²) >= 11 is 0. The molecule has 0 aliphatic heterocycles. The van der Waals surface area contributed by atoms with Crippen molar-refractivity contribution in [1.29, 1.82) is 0 Å². The van der Waals surface area contributed by atoms with Gasteiger partial charge < -0.3 is 5.32 Å². The normalized spacial score (nSPS) is 16.3. The van der Waals surface area contributed by atoms with Crippen LogP contribution in [-0.4, -0.2) is 21.1 Å². The van der Waals surface area contributed by atoms with Gasteiger partial charge in [0.25, 0.3) is 0 Å². The van der Waals surface area contributed by atoms with Crippen molar-refractivity contribution in [2.75, 3.05) is 11.9 Å². The number of hydrogen-bond acceptors (Lipinski definition) is 3. The lowest BCUT2D eigenvalue weighted by atomic mass is 10.0. The van der Waals surface area contributed by atoms with Crippen LogP contribution in [0.1, 0.15) is 44.1 Å². The van der Waals surface area contributed by atoms with Gasteiger partial charge in [-0.2, -0.15) is 4.98 Å². The summed E-state index contributed by atoms with van der Waals surface area (Å²) in [6, 6.07) is 4.06. The molecule has 3 rings (SSSR count). The fraction of sp³-hybridized carbons (Fsp3) is 0.600. The Kier molecular flexibility index (Phi) is 3.67. The summed E-state index contributed by atoms with van der Waals surface area (Å²) < 4.78 is 1.84. The van der Waals surface area contributed by atoms with E-state index in [9.17, 15) is 0 Å². The molecule has 2 aromatic rings. The first-order valence-electron chi connectivity index (χ1n) is 7.39. The van der Waals surface area contributed by atoms with Gasteiger partial charge in [0.1, 0.15) is 0 Å². The minimum Gasteiger partial charge on any atom is -0.353 e. The molecule has 0 saturated heterocycles. The van der Waals surface area contributed by atoms with Gasteiger partial charge in [-0.1, -0.05) is 31.7 Å². The van der Waals surface area contributed by atoms with Crippen LogP contribution in [-0.2, 0) is 0 Å². The molecule has 1 fully saturated rings. The molecule has 0 spiro atoms. The molecule has 1 saturated carbocycles. The van der Waals surface area contributed by atoms with E-state index < -0.39 is 0 Å². The van der Waals surface area contributed by atoms with Crippen molar-refractivity contribution in [2.24, 2.45) is 5.92 Å². The van der Waals surface area contributed by atoms with Gasteiger partial charge in [0.15, 0.2) is 5.65 Å². The van der Waals surface area contributed by atoms with Gasteiger partial charge in [-0.25, -0.2) is 4.52 Å². The van der Waals surface area contributed by atoms with Crippen molar-refractivity contribution in [3.8, 4) is 0 Å². The number of hydrogen-bond donors (Lipinski definition) is 1. The van der Waals surface area contributed by atoms with Gasteiger partial charge in [0.05, 0.1) is 0 Å². The topological polar surface area (TPSA) is 42.2 Å². The lowest BCUT2D eigenvalue weighted by molar-refractivity contribution is 0.491. The van der Waals surface area contributed by atoms with Gasteiger partial charge in [-0.3, -0.25) is 0 Å². The molecule has 0 radical (unpaired) electrons. The fourth-order valence-corrected chi connectivity index (χ4v) is 3.00. The molecule has 1 aliphatic carbocycles. The molecule has 0 amide bonds. The van der Waals surface area contributed by atoms with Crippen LogP contribution in [0.3, 0.4) is 0 Å². The predicted molar refractivity (Wildman–Crippen MR) is 77.4 cm³/mol. The summed E-state index contributed by atoms with van der Waals surface area (Å²) in [5.74, 6) is 1.72. The minimum absolute atomic E-state index is 0.751. The van der Waals surface area contributed by atoms with E-state index in [1.165, 1.54) is 38.5 Å². The molecule has 0 unspecified atom stereocenters. The average molecular weight is 258 g/mol. The maximum absolute atomic E-state index is 4.52. The Labute approximate surface area is 114 Å². The second kappa shape index (κ2) is 5.59. The van der Waals surface area contributed by atoms with E-state index in [1.807, 2.05) is 16.8 Å². The Hall–Kier alpha value is -1.58. The highest BCUT2D eigenvalue weighted by Crippen LogP contribution is 2.28. The van der Waals surface area contributed by atoms with Crippen LogP contribution in [0, 0.1) is 12.8 Å². The Morgan fingerprint density at radius 2 is 2.21 bits per heavy atom. The van der Waals surface area contributed by atoms with Crippen LogP contribution in [0.25, 0.3) is 5.65 Å². The van der Waals surface area contributed by atoms with Gasteiger partial charge >= 0.3 is 0 Å². The van der Waals surface area contributed by atoms with Crippen molar-refractivity contribution < 1.29 is 0 Å². The first kappa shape index (κ1) is 12.5. The second-order valence-corrected chi connectivity index (χ2v) is 5.61. The maximum atomic E-state index is 4.52. The molecule has 1 N–H and O–H groups in total. The standard InChI is InChI=1S/C15H22N4/c1-12-6-5-11-19-14(12)17-15(18-19)16-10-4-9-13-7-2-3-8-13/h5-6,11,13H,2-4,7-10H2,1H3,(H,16,18). The third-order valence-electron chi connectivity index (χ3n) is 4.10. The van der Waals surface area contributed by atoms with Crippen LogP contribution >= 0.6 is 0 Å². The summed E-state index contributed by atoms with van der Waals surface area (Å²) in [5, 5.41) is 7.78. The van der Waals surface area contributed by atoms with Crippen molar-refractivity contribution in [2.45, 2.75) is 45.4 Å². The lowest BCUT2D eigenvalue weighted by Crippen LogP contribution is -2.05. The first-order valence-corrected chi connectivity index (χ1v) is 7.39. The third-order valence-corrected chi connectivity index (χ3v) is 4.10. The van der Waals surface area contributed by atoms with E-state index in [1.54, 1.807) is 0 Å². The zero-order chi connectivity index (χ0) is 13.1. The number of rotatable bonds is 5. The van der Waals surface area contributed by atoms with Gasteiger partial charge in [-0.05, 0) is 37.3 Å². The van der Waals surface area contributed by atoms with Gasteiger partial charge in [0, 0.05) is 12.7 Å². The highest BCUT2D eigenvalue weighted by atomic mass is 15.3. The van der Waals surface area contributed by atoms with Crippen LogP contribution in [0.2, 0.25) is 0 Å². The molecular formula is C15H22N4. The summed E-state index contributed by atoms with van der Waals surface area (Å²) in [4.78, 5) is 4.52. The number of aryl methyl sites for hydroxylation is 1. The summed E-state index contributed by atoms with van der Waals surface area (Å²) in [6.07, 6.45) is 10.3. The minimum atomic E-state index is 0.751. The Bertz CT molecular complexity index is 540. The zero-order valence-corrected chi connectivity index (χ0v) is 11.6. The summed E-state index contributed by atoms with van der Waals surface area (Å²) in [7, 11) is 0. The molecule has 102 valence electrons.